The highest BCUT2D eigenvalue weighted by atomic mass is 35.5. The number of rotatable bonds is 5. The molecule has 1 atom stereocenters. The van der Waals surface area contributed by atoms with Gasteiger partial charge in [0.05, 0.1) is 12.9 Å². The fourth-order valence-electron chi connectivity index (χ4n) is 0.513. The number of ether oxygens (including phenoxy) is 1. The van der Waals surface area contributed by atoms with Gasteiger partial charge in [0.1, 0.15) is 5.38 Å². The van der Waals surface area contributed by atoms with E-state index in [9.17, 15) is 13.2 Å². The molecule has 0 aliphatic rings. The maximum absolute atomic E-state index is 10.9. The molecule has 0 saturated carbocycles. The fourth-order valence-corrected chi connectivity index (χ4v) is 1.40. The normalized spacial score (nSPS) is 13.8. The quantitative estimate of drug-likeness (QED) is 0.519. The Hall–Kier alpha value is -0.330. The van der Waals surface area contributed by atoms with Gasteiger partial charge in [-0.15, -0.1) is 11.6 Å². The molecular formula is C6H12ClNO4S. The number of esters is 1. The molecule has 7 heteroatoms. The van der Waals surface area contributed by atoms with Gasteiger partial charge in [-0.1, -0.05) is 0 Å². The minimum absolute atomic E-state index is 0.0439. The minimum Gasteiger partial charge on any atom is -0.468 e. The van der Waals surface area contributed by atoms with Gasteiger partial charge in [0.25, 0.3) is 0 Å². The van der Waals surface area contributed by atoms with Crippen LogP contribution in [0.3, 0.4) is 0 Å². The molecule has 1 N–H and O–H groups in total. The SMILES string of the molecule is CCS(=O)(=O)NCC(Cl)C(=O)OC. The Labute approximate surface area is 82.5 Å². The van der Waals surface area contributed by atoms with Gasteiger partial charge in [0.2, 0.25) is 10.0 Å². The molecule has 0 heterocycles. The zero-order valence-corrected chi connectivity index (χ0v) is 8.98. The molecule has 0 aliphatic carbocycles. The van der Waals surface area contributed by atoms with Crippen molar-refractivity contribution in [3.8, 4) is 0 Å². The van der Waals surface area contributed by atoms with Crippen molar-refractivity contribution in [2.24, 2.45) is 0 Å². The van der Waals surface area contributed by atoms with Crippen LogP contribution in [-0.2, 0) is 19.6 Å². The highest BCUT2D eigenvalue weighted by molar-refractivity contribution is 7.89. The van der Waals surface area contributed by atoms with Crippen LogP contribution in [0.1, 0.15) is 6.92 Å². The summed E-state index contributed by atoms with van der Waals surface area (Å²) >= 11 is 5.49. The van der Waals surface area contributed by atoms with Gasteiger partial charge in [-0.25, -0.2) is 13.1 Å². The summed E-state index contributed by atoms with van der Waals surface area (Å²) in [4.78, 5) is 10.7. The van der Waals surface area contributed by atoms with E-state index in [4.69, 9.17) is 11.6 Å². The Bertz CT molecular complexity index is 264. The van der Waals surface area contributed by atoms with E-state index in [2.05, 4.69) is 9.46 Å². The molecule has 0 spiro atoms. The molecular weight excluding hydrogens is 218 g/mol. The highest BCUT2D eigenvalue weighted by Gasteiger charge is 2.17. The number of carbonyl (C=O) groups is 1. The Morgan fingerprint density at radius 3 is 2.54 bits per heavy atom. The lowest BCUT2D eigenvalue weighted by molar-refractivity contribution is -0.140. The first-order valence-electron chi connectivity index (χ1n) is 3.62. The van der Waals surface area contributed by atoms with Crippen LogP contribution in [0.5, 0.6) is 0 Å². The second-order valence-corrected chi connectivity index (χ2v) is 4.86. The molecule has 0 saturated heterocycles. The summed E-state index contributed by atoms with van der Waals surface area (Å²) in [5.41, 5.74) is 0. The number of hydrogen-bond acceptors (Lipinski definition) is 4. The third-order valence-corrected chi connectivity index (χ3v) is 3.02. The largest absolute Gasteiger partial charge is 0.468 e. The second-order valence-electron chi connectivity index (χ2n) is 2.24. The Morgan fingerprint density at radius 2 is 2.15 bits per heavy atom. The lowest BCUT2D eigenvalue weighted by atomic mass is 10.4. The van der Waals surface area contributed by atoms with E-state index >= 15 is 0 Å². The summed E-state index contributed by atoms with van der Waals surface area (Å²) in [5, 5.41) is -0.980. The standard InChI is InChI=1S/C6H12ClNO4S/c1-3-13(10,11)8-4-5(7)6(9)12-2/h5,8H,3-4H2,1-2H3. The lowest BCUT2D eigenvalue weighted by Gasteiger charge is -2.07. The number of nitrogens with one attached hydrogen (secondary N) is 1. The maximum Gasteiger partial charge on any atom is 0.325 e. The number of halogens is 1. The summed E-state index contributed by atoms with van der Waals surface area (Å²) in [6, 6.07) is 0. The zero-order valence-electron chi connectivity index (χ0n) is 7.41. The first kappa shape index (κ1) is 12.7. The van der Waals surface area contributed by atoms with Gasteiger partial charge in [-0.2, -0.15) is 0 Å². The average Bonchev–Trinajstić information content (AvgIpc) is 2.13. The number of hydrogen-bond donors (Lipinski definition) is 1. The number of alkyl halides is 1. The third-order valence-electron chi connectivity index (χ3n) is 1.32. The minimum atomic E-state index is -3.30. The molecule has 5 nitrogen and oxygen atoms in total. The molecule has 0 aromatic rings. The average molecular weight is 230 g/mol. The first-order valence-corrected chi connectivity index (χ1v) is 5.71. The van der Waals surface area contributed by atoms with Crippen molar-refractivity contribution in [2.45, 2.75) is 12.3 Å². The zero-order chi connectivity index (χ0) is 10.5. The van der Waals surface area contributed by atoms with Crippen molar-refractivity contribution >= 4 is 27.6 Å². The molecule has 0 bridgehead atoms. The van der Waals surface area contributed by atoms with Gasteiger partial charge in [-0.3, -0.25) is 4.79 Å². The van der Waals surface area contributed by atoms with Crippen LogP contribution >= 0.6 is 11.6 Å². The monoisotopic (exact) mass is 229 g/mol. The van der Waals surface area contributed by atoms with Gasteiger partial charge >= 0.3 is 5.97 Å². The van der Waals surface area contributed by atoms with E-state index in [1.54, 1.807) is 0 Å². The van der Waals surface area contributed by atoms with E-state index in [0.717, 1.165) is 0 Å². The predicted molar refractivity (Wildman–Crippen MR) is 49.1 cm³/mol. The van der Waals surface area contributed by atoms with E-state index in [0.29, 0.717) is 0 Å². The Balaban J connectivity index is 3.97. The Morgan fingerprint density at radius 1 is 1.62 bits per heavy atom. The third kappa shape index (κ3) is 5.07. The second kappa shape index (κ2) is 5.41. The highest BCUT2D eigenvalue weighted by Crippen LogP contribution is 1.97. The van der Waals surface area contributed by atoms with Crippen molar-refractivity contribution in [3.63, 3.8) is 0 Å². The van der Waals surface area contributed by atoms with Crippen molar-refractivity contribution in [2.75, 3.05) is 19.4 Å². The van der Waals surface area contributed by atoms with Crippen LogP contribution in [-0.4, -0.2) is 39.2 Å². The molecule has 78 valence electrons. The molecule has 1 unspecified atom stereocenters. The molecule has 13 heavy (non-hydrogen) atoms. The molecule has 0 aromatic heterocycles. The lowest BCUT2D eigenvalue weighted by Crippen LogP contribution is -2.34. The molecule has 0 rings (SSSR count). The summed E-state index contributed by atoms with van der Waals surface area (Å²) < 4.78 is 28.3. The molecule has 0 amide bonds. The van der Waals surface area contributed by atoms with E-state index < -0.39 is 21.4 Å². The van der Waals surface area contributed by atoms with Crippen LogP contribution in [0, 0.1) is 0 Å². The van der Waals surface area contributed by atoms with Gasteiger partial charge in [-0.05, 0) is 6.92 Å². The summed E-state index contributed by atoms with van der Waals surface area (Å²) in [6.07, 6.45) is 0. The topological polar surface area (TPSA) is 72.5 Å². The number of sulfonamides is 1. The molecule has 0 radical (unpaired) electrons. The maximum atomic E-state index is 10.9. The van der Waals surface area contributed by atoms with E-state index in [1.807, 2.05) is 0 Å². The molecule has 0 aromatic carbocycles. The van der Waals surface area contributed by atoms with Crippen molar-refractivity contribution < 1.29 is 17.9 Å². The number of carbonyl (C=O) groups excluding carboxylic acids is 1. The van der Waals surface area contributed by atoms with E-state index in [-0.39, 0.29) is 12.3 Å². The van der Waals surface area contributed by atoms with Crippen LogP contribution in [0.25, 0.3) is 0 Å². The van der Waals surface area contributed by atoms with Gasteiger partial charge in [0, 0.05) is 6.54 Å². The summed E-state index contributed by atoms with van der Waals surface area (Å²) in [7, 11) is -2.11. The summed E-state index contributed by atoms with van der Waals surface area (Å²) in [5.74, 6) is -0.696. The van der Waals surface area contributed by atoms with Crippen LogP contribution in [0.2, 0.25) is 0 Å². The fraction of sp³-hybridized carbons (Fsp3) is 0.833. The van der Waals surface area contributed by atoms with Crippen molar-refractivity contribution in [1.29, 1.82) is 0 Å². The predicted octanol–water partition coefficient (Wildman–Crippen LogP) is -0.294. The smallest absolute Gasteiger partial charge is 0.325 e. The first-order chi connectivity index (χ1) is 5.93. The molecule has 0 fully saturated rings. The van der Waals surface area contributed by atoms with Crippen molar-refractivity contribution in [3.05, 3.63) is 0 Å². The molecule has 0 aliphatic heterocycles. The van der Waals surface area contributed by atoms with Crippen LogP contribution in [0.4, 0.5) is 0 Å². The van der Waals surface area contributed by atoms with E-state index in [1.165, 1.54) is 14.0 Å². The Kier molecular flexibility index (Phi) is 5.27. The van der Waals surface area contributed by atoms with Crippen LogP contribution < -0.4 is 4.72 Å². The number of methoxy groups -OCH3 is 1. The summed E-state index contributed by atoms with van der Waals surface area (Å²) in [6.45, 7) is 1.34. The van der Waals surface area contributed by atoms with Gasteiger partial charge in [0.15, 0.2) is 0 Å². The van der Waals surface area contributed by atoms with Gasteiger partial charge < -0.3 is 4.74 Å². The van der Waals surface area contributed by atoms with Crippen LogP contribution in [0.15, 0.2) is 0 Å². The van der Waals surface area contributed by atoms with Crippen molar-refractivity contribution in [1.82, 2.24) is 4.72 Å².